The number of aryl methyl sites for hydroxylation is 2. The van der Waals surface area contributed by atoms with Crippen molar-refractivity contribution in [1.82, 2.24) is 4.98 Å². The number of ether oxygens (including phenoxy) is 1. The summed E-state index contributed by atoms with van der Waals surface area (Å²) in [5.41, 5.74) is 4.36. The van der Waals surface area contributed by atoms with Crippen LogP contribution in [0.3, 0.4) is 0 Å². The van der Waals surface area contributed by atoms with Gasteiger partial charge in [0, 0.05) is 11.8 Å². The van der Waals surface area contributed by atoms with Gasteiger partial charge in [-0.15, -0.1) is 0 Å². The highest BCUT2D eigenvalue weighted by Gasteiger charge is 2.03. The van der Waals surface area contributed by atoms with E-state index in [4.69, 9.17) is 9.84 Å². The maximum absolute atomic E-state index is 8.68. The molecule has 1 heterocycles. The van der Waals surface area contributed by atoms with E-state index in [1.165, 1.54) is 16.7 Å². The van der Waals surface area contributed by atoms with Gasteiger partial charge >= 0.3 is 0 Å². The van der Waals surface area contributed by atoms with Crippen molar-refractivity contribution in [3.63, 3.8) is 0 Å². The number of rotatable bonds is 3. The number of hydrogen-bond acceptors (Lipinski definition) is 3. The summed E-state index contributed by atoms with van der Waals surface area (Å²) in [6.45, 7) is 4.50. The van der Waals surface area contributed by atoms with Crippen LogP contribution >= 0.6 is 0 Å². The molecular formula is C17H17NO2. The van der Waals surface area contributed by atoms with Crippen LogP contribution in [-0.4, -0.2) is 16.7 Å². The van der Waals surface area contributed by atoms with E-state index >= 15 is 0 Å². The molecule has 102 valence electrons. The van der Waals surface area contributed by atoms with Crippen molar-refractivity contribution in [2.75, 3.05) is 6.61 Å². The maximum Gasteiger partial charge on any atom is 0.139 e. The molecule has 0 saturated heterocycles. The highest BCUT2D eigenvalue weighted by atomic mass is 16.5. The van der Waals surface area contributed by atoms with Gasteiger partial charge in [0.15, 0.2) is 0 Å². The summed E-state index contributed by atoms with van der Waals surface area (Å²) >= 11 is 0. The fourth-order valence-corrected chi connectivity index (χ4v) is 1.94. The average molecular weight is 267 g/mol. The zero-order valence-electron chi connectivity index (χ0n) is 11.7. The molecule has 3 nitrogen and oxygen atoms in total. The van der Waals surface area contributed by atoms with Crippen LogP contribution in [-0.2, 0) is 6.61 Å². The van der Waals surface area contributed by atoms with Gasteiger partial charge in [-0.3, -0.25) is 4.98 Å². The van der Waals surface area contributed by atoms with E-state index in [-0.39, 0.29) is 6.61 Å². The van der Waals surface area contributed by atoms with Gasteiger partial charge in [0.1, 0.15) is 19.0 Å². The Bertz CT molecular complexity index is 633. The van der Waals surface area contributed by atoms with E-state index < -0.39 is 0 Å². The Kier molecular flexibility index (Phi) is 4.75. The SMILES string of the molecule is Cc1cccc(C)c1COc1cncc(C#CCO)c1. The van der Waals surface area contributed by atoms with E-state index in [2.05, 4.69) is 42.8 Å². The summed E-state index contributed by atoms with van der Waals surface area (Å²) in [6, 6.07) is 8.02. The van der Waals surface area contributed by atoms with Crippen LogP contribution < -0.4 is 4.74 Å². The minimum absolute atomic E-state index is 0.159. The van der Waals surface area contributed by atoms with Gasteiger partial charge in [0.2, 0.25) is 0 Å². The predicted molar refractivity (Wildman–Crippen MR) is 78.4 cm³/mol. The third-order valence-electron chi connectivity index (χ3n) is 3.05. The standard InChI is InChI=1S/C17H17NO2/c1-13-5-3-6-14(2)17(13)12-20-16-9-15(7-4-8-19)10-18-11-16/h3,5-6,9-11,19H,8,12H2,1-2H3. The van der Waals surface area contributed by atoms with Gasteiger partial charge in [-0.2, -0.15) is 0 Å². The fourth-order valence-electron chi connectivity index (χ4n) is 1.94. The monoisotopic (exact) mass is 267 g/mol. The molecule has 0 fully saturated rings. The van der Waals surface area contributed by atoms with Gasteiger partial charge in [-0.05, 0) is 36.6 Å². The van der Waals surface area contributed by atoms with Crippen LogP contribution in [0, 0.1) is 25.7 Å². The Balaban J connectivity index is 2.11. The van der Waals surface area contributed by atoms with Crippen molar-refractivity contribution in [2.45, 2.75) is 20.5 Å². The van der Waals surface area contributed by atoms with E-state index in [9.17, 15) is 0 Å². The van der Waals surface area contributed by atoms with Gasteiger partial charge < -0.3 is 9.84 Å². The second-order valence-electron chi connectivity index (χ2n) is 4.53. The summed E-state index contributed by atoms with van der Waals surface area (Å²) in [7, 11) is 0. The quantitative estimate of drug-likeness (QED) is 0.869. The lowest BCUT2D eigenvalue weighted by atomic mass is 10.0. The molecule has 0 aliphatic carbocycles. The van der Waals surface area contributed by atoms with E-state index in [1.807, 2.05) is 12.1 Å². The lowest BCUT2D eigenvalue weighted by Gasteiger charge is -2.11. The molecule has 0 unspecified atom stereocenters. The minimum Gasteiger partial charge on any atom is -0.487 e. The van der Waals surface area contributed by atoms with Crippen LogP contribution in [0.15, 0.2) is 36.7 Å². The molecule has 1 aromatic heterocycles. The van der Waals surface area contributed by atoms with E-state index in [0.29, 0.717) is 12.4 Å². The lowest BCUT2D eigenvalue weighted by Crippen LogP contribution is -2.01. The normalized spacial score (nSPS) is 9.75. The highest BCUT2D eigenvalue weighted by molar-refractivity contribution is 5.37. The lowest BCUT2D eigenvalue weighted by molar-refractivity contribution is 0.303. The third kappa shape index (κ3) is 3.59. The molecule has 0 amide bonds. The molecule has 0 radical (unpaired) electrons. The molecule has 1 N–H and O–H groups in total. The first-order valence-corrected chi connectivity index (χ1v) is 6.43. The Morgan fingerprint density at radius 2 is 1.95 bits per heavy atom. The topological polar surface area (TPSA) is 42.4 Å². The average Bonchev–Trinajstić information content (AvgIpc) is 2.45. The summed E-state index contributed by atoms with van der Waals surface area (Å²) in [5.74, 6) is 6.09. The number of aromatic nitrogens is 1. The Hall–Kier alpha value is -2.31. The second kappa shape index (κ2) is 6.74. The minimum atomic E-state index is -0.159. The molecule has 0 saturated carbocycles. The molecule has 0 aliphatic rings. The molecule has 3 heteroatoms. The molecule has 0 spiro atoms. The highest BCUT2D eigenvalue weighted by Crippen LogP contribution is 2.17. The largest absolute Gasteiger partial charge is 0.487 e. The van der Waals surface area contributed by atoms with Crippen molar-refractivity contribution < 1.29 is 9.84 Å². The van der Waals surface area contributed by atoms with Gasteiger partial charge in [0.25, 0.3) is 0 Å². The van der Waals surface area contributed by atoms with Crippen LogP contribution in [0.2, 0.25) is 0 Å². The molecule has 2 aromatic rings. The molecule has 0 bridgehead atoms. The first-order valence-electron chi connectivity index (χ1n) is 6.43. The number of benzene rings is 1. The summed E-state index contributed by atoms with van der Waals surface area (Å²) in [4.78, 5) is 4.09. The Morgan fingerprint density at radius 1 is 1.20 bits per heavy atom. The van der Waals surface area contributed by atoms with Crippen molar-refractivity contribution in [3.05, 3.63) is 58.9 Å². The fraction of sp³-hybridized carbons (Fsp3) is 0.235. The number of hydrogen-bond donors (Lipinski definition) is 1. The van der Waals surface area contributed by atoms with Crippen molar-refractivity contribution >= 4 is 0 Å². The van der Waals surface area contributed by atoms with Gasteiger partial charge in [-0.1, -0.05) is 30.0 Å². The van der Waals surface area contributed by atoms with Crippen molar-refractivity contribution in [2.24, 2.45) is 0 Å². The number of aliphatic hydroxyl groups is 1. The van der Waals surface area contributed by atoms with E-state index in [1.54, 1.807) is 12.4 Å². The smallest absolute Gasteiger partial charge is 0.139 e. The second-order valence-corrected chi connectivity index (χ2v) is 4.53. The molecular weight excluding hydrogens is 250 g/mol. The molecule has 2 rings (SSSR count). The van der Waals surface area contributed by atoms with Crippen LogP contribution in [0.25, 0.3) is 0 Å². The summed E-state index contributed by atoms with van der Waals surface area (Å²) in [6.07, 6.45) is 3.31. The van der Waals surface area contributed by atoms with Gasteiger partial charge in [-0.25, -0.2) is 0 Å². The summed E-state index contributed by atoms with van der Waals surface area (Å²) in [5, 5.41) is 8.68. The van der Waals surface area contributed by atoms with Crippen molar-refractivity contribution in [3.8, 4) is 17.6 Å². The first kappa shape index (κ1) is 14.1. The maximum atomic E-state index is 8.68. The zero-order valence-corrected chi connectivity index (χ0v) is 11.7. The molecule has 1 aromatic carbocycles. The van der Waals surface area contributed by atoms with E-state index in [0.717, 1.165) is 5.56 Å². The Morgan fingerprint density at radius 3 is 2.65 bits per heavy atom. The first-order chi connectivity index (χ1) is 9.70. The van der Waals surface area contributed by atoms with Crippen LogP contribution in [0.5, 0.6) is 5.75 Å². The number of pyridine rings is 1. The third-order valence-corrected chi connectivity index (χ3v) is 3.05. The van der Waals surface area contributed by atoms with Crippen molar-refractivity contribution in [1.29, 1.82) is 0 Å². The predicted octanol–water partition coefficient (Wildman–Crippen LogP) is 2.62. The number of nitrogens with zero attached hydrogens (tertiary/aromatic N) is 1. The number of aliphatic hydroxyl groups excluding tert-OH is 1. The van der Waals surface area contributed by atoms with Gasteiger partial charge in [0.05, 0.1) is 6.20 Å². The molecule has 0 atom stereocenters. The molecule has 0 aliphatic heterocycles. The van der Waals surface area contributed by atoms with Crippen LogP contribution in [0.4, 0.5) is 0 Å². The summed E-state index contributed by atoms with van der Waals surface area (Å²) < 4.78 is 5.78. The zero-order chi connectivity index (χ0) is 14.4. The molecule has 20 heavy (non-hydrogen) atoms. The van der Waals surface area contributed by atoms with Crippen LogP contribution in [0.1, 0.15) is 22.3 Å². The Labute approximate surface area is 119 Å².